The molecule has 150 valence electrons. The Morgan fingerprint density at radius 2 is 1.89 bits per heavy atom. The monoisotopic (exact) mass is 383 g/mol. The van der Waals surface area contributed by atoms with Crippen LogP contribution in [-0.2, 0) is 24.2 Å². The van der Waals surface area contributed by atoms with Gasteiger partial charge in [0.15, 0.2) is 0 Å². The van der Waals surface area contributed by atoms with Crippen LogP contribution in [-0.4, -0.2) is 70.8 Å². The van der Waals surface area contributed by atoms with E-state index >= 15 is 0 Å². The molecule has 0 bridgehead atoms. The minimum atomic E-state index is 0.143. The Bertz CT molecular complexity index is 826. The lowest BCUT2D eigenvalue weighted by Gasteiger charge is -2.28. The Morgan fingerprint density at radius 3 is 2.68 bits per heavy atom. The van der Waals surface area contributed by atoms with Crippen molar-refractivity contribution >= 4 is 5.91 Å². The van der Waals surface area contributed by atoms with Gasteiger partial charge in [0.1, 0.15) is 17.4 Å². The lowest BCUT2D eigenvalue weighted by Crippen LogP contribution is -2.35. The van der Waals surface area contributed by atoms with Crippen LogP contribution in [0, 0.1) is 0 Å². The van der Waals surface area contributed by atoms with Crippen molar-refractivity contribution in [3.8, 4) is 5.75 Å². The fourth-order valence-electron chi connectivity index (χ4n) is 4.29. The molecule has 1 fully saturated rings. The molecule has 0 aliphatic carbocycles. The molecule has 1 aromatic heterocycles. The van der Waals surface area contributed by atoms with E-state index in [0.717, 1.165) is 61.9 Å². The highest BCUT2D eigenvalue weighted by Crippen LogP contribution is 2.27. The molecule has 2 aliphatic rings. The van der Waals surface area contributed by atoms with Crippen molar-refractivity contribution in [2.45, 2.75) is 38.1 Å². The zero-order chi connectivity index (χ0) is 19.5. The first-order valence-corrected chi connectivity index (χ1v) is 10.2. The molecule has 1 amide bonds. The van der Waals surface area contributed by atoms with E-state index in [1.807, 2.05) is 29.2 Å². The number of carbonyl (C=O) groups excluding carboxylic acids is 1. The number of piperidine rings is 1. The average molecular weight is 383 g/mol. The van der Waals surface area contributed by atoms with E-state index in [-0.39, 0.29) is 5.91 Å². The van der Waals surface area contributed by atoms with Crippen molar-refractivity contribution in [3.05, 3.63) is 41.5 Å². The molecule has 4 rings (SSSR count). The number of ether oxygens (including phenoxy) is 1. The smallest absolute Gasteiger partial charge is 0.227 e. The van der Waals surface area contributed by atoms with Gasteiger partial charge in [-0.15, -0.1) is 10.2 Å². The number of methoxy groups -OCH3 is 1. The Kier molecular flexibility index (Phi) is 5.62. The molecule has 1 aromatic carbocycles. The van der Waals surface area contributed by atoms with Crippen molar-refractivity contribution in [1.82, 2.24) is 24.6 Å². The summed E-state index contributed by atoms with van der Waals surface area (Å²) in [6.45, 7) is 4.40. The van der Waals surface area contributed by atoms with Crippen LogP contribution in [0.4, 0.5) is 0 Å². The maximum Gasteiger partial charge on any atom is 0.227 e. The van der Waals surface area contributed by atoms with E-state index in [1.54, 1.807) is 7.11 Å². The van der Waals surface area contributed by atoms with Crippen LogP contribution in [0.2, 0.25) is 0 Å². The molecule has 7 heteroatoms. The van der Waals surface area contributed by atoms with Gasteiger partial charge in [-0.05, 0) is 39.0 Å². The average Bonchev–Trinajstić information content (AvgIpc) is 2.99. The van der Waals surface area contributed by atoms with Crippen LogP contribution in [0.25, 0.3) is 0 Å². The Balaban J connectivity index is 1.43. The Labute approximate surface area is 166 Å². The highest BCUT2D eigenvalue weighted by atomic mass is 16.5. The van der Waals surface area contributed by atoms with Crippen molar-refractivity contribution in [2.24, 2.45) is 0 Å². The van der Waals surface area contributed by atoms with Crippen molar-refractivity contribution in [2.75, 3.05) is 40.3 Å². The predicted molar refractivity (Wildman–Crippen MR) is 106 cm³/mol. The number of benzene rings is 1. The van der Waals surface area contributed by atoms with Gasteiger partial charge in [-0.1, -0.05) is 18.2 Å². The molecular formula is C21H29N5O2. The number of hydrogen-bond acceptors (Lipinski definition) is 5. The maximum absolute atomic E-state index is 12.9. The maximum atomic E-state index is 12.9. The molecule has 0 spiro atoms. The van der Waals surface area contributed by atoms with Gasteiger partial charge >= 0.3 is 0 Å². The first kappa shape index (κ1) is 18.9. The summed E-state index contributed by atoms with van der Waals surface area (Å²) in [7, 11) is 3.82. The normalized spacial score (nSPS) is 18.6. The van der Waals surface area contributed by atoms with Gasteiger partial charge in [0, 0.05) is 37.5 Å². The molecule has 0 unspecified atom stereocenters. The lowest BCUT2D eigenvalue weighted by atomic mass is 9.96. The molecule has 3 heterocycles. The van der Waals surface area contributed by atoms with Crippen LogP contribution >= 0.6 is 0 Å². The standard InChI is InChI=1S/C21H29N5O2/c1-24-10-7-16(8-11-24)21-23-22-19-9-12-25(13-14-26(19)21)20(27)15-17-5-3-4-6-18(17)28-2/h3-6,16H,7-15H2,1-2H3. The zero-order valence-corrected chi connectivity index (χ0v) is 16.8. The van der Waals surface area contributed by atoms with Gasteiger partial charge in [-0.2, -0.15) is 0 Å². The van der Waals surface area contributed by atoms with Crippen LogP contribution in [0.15, 0.2) is 24.3 Å². The number of amides is 1. The number of para-hydroxylation sites is 1. The van der Waals surface area contributed by atoms with Gasteiger partial charge in [0.2, 0.25) is 5.91 Å². The van der Waals surface area contributed by atoms with E-state index in [0.29, 0.717) is 25.4 Å². The predicted octanol–water partition coefficient (Wildman–Crippen LogP) is 1.72. The second kappa shape index (κ2) is 8.31. The number of hydrogen-bond donors (Lipinski definition) is 0. The van der Waals surface area contributed by atoms with E-state index in [1.165, 1.54) is 0 Å². The number of rotatable bonds is 4. The van der Waals surface area contributed by atoms with Crippen molar-refractivity contribution < 1.29 is 9.53 Å². The summed E-state index contributed by atoms with van der Waals surface area (Å²) in [4.78, 5) is 17.2. The summed E-state index contributed by atoms with van der Waals surface area (Å²) in [5.74, 6) is 3.52. The van der Waals surface area contributed by atoms with E-state index in [9.17, 15) is 4.79 Å². The van der Waals surface area contributed by atoms with Crippen LogP contribution in [0.1, 0.15) is 36.0 Å². The van der Waals surface area contributed by atoms with E-state index in [2.05, 4.69) is 26.7 Å². The molecule has 2 aliphatic heterocycles. The van der Waals surface area contributed by atoms with Gasteiger partial charge in [-0.25, -0.2) is 0 Å². The molecule has 28 heavy (non-hydrogen) atoms. The van der Waals surface area contributed by atoms with Crippen LogP contribution < -0.4 is 4.74 Å². The Morgan fingerprint density at radius 1 is 1.11 bits per heavy atom. The SMILES string of the molecule is COc1ccccc1CC(=O)N1CCc2nnc(C3CCN(C)CC3)n2CC1. The molecule has 2 aromatic rings. The molecule has 7 nitrogen and oxygen atoms in total. The second-order valence-corrected chi connectivity index (χ2v) is 7.82. The van der Waals surface area contributed by atoms with Crippen molar-refractivity contribution in [3.63, 3.8) is 0 Å². The number of nitrogens with zero attached hydrogens (tertiary/aromatic N) is 5. The van der Waals surface area contributed by atoms with Gasteiger partial charge in [0.05, 0.1) is 13.5 Å². The quantitative estimate of drug-likeness (QED) is 0.805. The summed E-state index contributed by atoms with van der Waals surface area (Å²) in [6.07, 6.45) is 3.39. The zero-order valence-electron chi connectivity index (χ0n) is 16.8. The fraction of sp³-hybridized carbons (Fsp3) is 0.571. The minimum absolute atomic E-state index is 0.143. The summed E-state index contributed by atoms with van der Waals surface area (Å²) in [5.41, 5.74) is 0.936. The number of aromatic nitrogens is 3. The summed E-state index contributed by atoms with van der Waals surface area (Å²) in [6, 6.07) is 7.74. The Hall–Kier alpha value is -2.41. The third-order valence-corrected chi connectivity index (χ3v) is 6.03. The van der Waals surface area contributed by atoms with E-state index in [4.69, 9.17) is 4.74 Å². The highest BCUT2D eigenvalue weighted by Gasteiger charge is 2.27. The third kappa shape index (κ3) is 3.90. The lowest BCUT2D eigenvalue weighted by molar-refractivity contribution is -0.130. The van der Waals surface area contributed by atoms with Gasteiger partial charge in [-0.3, -0.25) is 4.79 Å². The number of carbonyl (C=O) groups is 1. The van der Waals surface area contributed by atoms with Crippen molar-refractivity contribution in [1.29, 1.82) is 0 Å². The summed E-state index contributed by atoms with van der Waals surface area (Å²) < 4.78 is 7.66. The number of likely N-dealkylation sites (tertiary alicyclic amines) is 1. The van der Waals surface area contributed by atoms with E-state index < -0.39 is 0 Å². The second-order valence-electron chi connectivity index (χ2n) is 7.82. The van der Waals surface area contributed by atoms with Gasteiger partial charge < -0.3 is 19.1 Å². The molecule has 0 N–H and O–H groups in total. The largest absolute Gasteiger partial charge is 0.496 e. The van der Waals surface area contributed by atoms with Crippen LogP contribution in [0.3, 0.4) is 0 Å². The fourth-order valence-corrected chi connectivity index (χ4v) is 4.29. The highest BCUT2D eigenvalue weighted by molar-refractivity contribution is 5.79. The number of fused-ring (bicyclic) bond motifs is 1. The van der Waals surface area contributed by atoms with Gasteiger partial charge in [0.25, 0.3) is 0 Å². The molecule has 0 atom stereocenters. The molecule has 1 saturated heterocycles. The molecular weight excluding hydrogens is 354 g/mol. The summed E-state index contributed by atoms with van der Waals surface area (Å²) in [5, 5.41) is 8.98. The first-order valence-electron chi connectivity index (χ1n) is 10.2. The third-order valence-electron chi connectivity index (χ3n) is 6.03. The topological polar surface area (TPSA) is 63.5 Å². The summed E-state index contributed by atoms with van der Waals surface area (Å²) >= 11 is 0. The molecule has 0 radical (unpaired) electrons. The molecule has 0 saturated carbocycles. The first-order chi connectivity index (χ1) is 13.7. The van der Waals surface area contributed by atoms with Crippen LogP contribution in [0.5, 0.6) is 5.75 Å². The minimum Gasteiger partial charge on any atom is -0.496 e.